The maximum absolute atomic E-state index is 14.4. The molecule has 0 saturated carbocycles. The number of thioether (sulfide) groups is 1. The molecule has 0 spiro atoms. The smallest absolute Gasteiger partial charge is 0.324 e. The molecule has 57 heavy (non-hydrogen) atoms. The van der Waals surface area contributed by atoms with Crippen LogP contribution >= 0.6 is 11.8 Å². The zero-order valence-corrected chi connectivity index (χ0v) is 34.9. The largest absolute Gasteiger partial charge is 0.464 e. The van der Waals surface area contributed by atoms with Gasteiger partial charge in [-0.05, 0) is 86.4 Å². The summed E-state index contributed by atoms with van der Waals surface area (Å²) >= 11 is 1.59. The number of benzene rings is 1. The van der Waals surface area contributed by atoms with Crippen molar-refractivity contribution in [2.45, 2.75) is 103 Å². The highest BCUT2D eigenvalue weighted by molar-refractivity contribution is 8.14. The minimum Gasteiger partial charge on any atom is -0.464 e. The van der Waals surface area contributed by atoms with Gasteiger partial charge in [-0.1, -0.05) is 26.0 Å². The first-order valence-corrected chi connectivity index (χ1v) is 21.0. The van der Waals surface area contributed by atoms with E-state index >= 15 is 0 Å². The van der Waals surface area contributed by atoms with E-state index < -0.39 is 35.4 Å². The molecule has 14 heteroatoms. The lowest BCUT2D eigenvalue weighted by molar-refractivity contribution is -0.155. The van der Waals surface area contributed by atoms with Crippen molar-refractivity contribution in [1.82, 2.24) is 30.2 Å². The minimum atomic E-state index is -0.985. The summed E-state index contributed by atoms with van der Waals surface area (Å²) in [5, 5.41) is 6.34. The van der Waals surface area contributed by atoms with Crippen molar-refractivity contribution in [3.63, 3.8) is 0 Å². The van der Waals surface area contributed by atoms with E-state index in [0.29, 0.717) is 38.0 Å². The van der Waals surface area contributed by atoms with Crippen molar-refractivity contribution in [2.75, 3.05) is 33.1 Å². The van der Waals surface area contributed by atoms with Crippen LogP contribution in [0.4, 0.5) is 0 Å². The van der Waals surface area contributed by atoms with Gasteiger partial charge >= 0.3 is 5.97 Å². The molecule has 2 N–H and O–H groups in total. The molecule has 6 bridgehead atoms. The van der Waals surface area contributed by atoms with E-state index in [9.17, 15) is 19.2 Å². The highest BCUT2D eigenvalue weighted by Gasteiger charge is 2.39. The molecule has 3 aromatic rings. The van der Waals surface area contributed by atoms with Crippen molar-refractivity contribution in [1.29, 1.82) is 0 Å². The molecule has 13 nitrogen and oxygen atoms in total. The average molecular weight is 798 g/mol. The molecule has 1 fully saturated rings. The van der Waals surface area contributed by atoms with Gasteiger partial charge < -0.3 is 24.3 Å². The summed E-state index contributed by atoms with van der Waals surface area (Å²) in [7, 11) is 5.39. The number of cyclic esters (lactones) is 1. The SMILES string of the molecule is CO[C@@H](C)c1ncccc1-c1c2c3cc(ccc3n1C)C1CSC(=N1)C[C@H](NC(=O)[C@H](C1=CCCC1)N(C)C(C)=O)C(=O)N1CCC[C@H](N1)C(=O)OCC(C)(C)C2. The maximum Gasteiger partial charge on any atom is 0.324 e. The number of carbonyl (C=O) groups excluding carboxylic acids is 4. The molecular weight excluding hydrogens is 743 g/mol. The van der Waals surface area contributed by atoms with Gasteiger partial charge in [0.2, 0.25) is 11.8 Å². The number of rotatable bonds is 7. The van der Waals surface area contributed by atoms with E-state index in [2.05, 4.69) is 60.5 Å². The van der Waals surface area contributed by atoms with E-state index in [1.54, 1.807) is 32.1 Å². The number of allylic oxidation sites excluding steroid dienone is 1. The van der Waals surface area contributed by atoms with Gasteiger partial charge in [-0.15, -0.1) is 11.8 Å². The Bertz CT molecular complexity index is 2130. The van der Waals surface area contributed by atoms with Crippen LogP contribution in [0.5, 0.6) is 0 Å². The number of pyridine rings is 1. The second kappa shape index (κ2) is 16.8. The molecular formula is C43H55N7O6S. The molecule has 304 valence electrons. The third-order valence-corrected chi connectivity index (χ3v) is 12.9. The number of hydrogen-bond acceptors (Lipinski definition) is 10. The van der Waals surface area contributed by atoms with Crippen LogP contribution in [0.25, 0.3) is 22.2 Å². The van der Waals surface area contributed by atoms with Crippen LogP contribution in [0.3, 0.4) is 0 Å². The Morgan fingerprint density at radius 2 is 2.00 bits per heavy atom. The Morgan fingerprint density at radius 3 is 2.74 bits per heavy atom. The molecule has 7 rings (SSSR count). The first kappa shape index (κ1) is 40.7. The summed E-state index contributed by atoms with van der Waals surface area (Å²) in [5.74, 6) is -0.759. The van der Waals surface area contributed by atoms with Gasteiger partial charge in [-0.2, -0.15) is 0 Å². The van der Waals surface area contributed by atoms with Crippen molar-refractivity contribution < 1.29 is 28.7 Å². The van der Waals surface area contributed by atoms with Gasteiger partial charge in [0.1, 0.15) is 18.1 Å². The van der Waals surface area contributed by atoms with E-state index in [0.717, 1.165) is 62.4 Å². The van der Waals surface area contributed by atoms with Crippen LogP contribution < -0.4 is 10.7 Å². The van der Waals surface area contributed by atoms with E-state index in [1.165, 1.54) is 16.8 Å². The molecule has 0 radical (unpaired) electrons. The van der Waals surface area contributed by atoms with Gasteiger partial charge in [-0.25, -0.2) is 5.43 Å². The number of aryl methyl sites for hydroxylation is 1. The Morgan fingerprint density at radius 1 is 1.19 bits per heavy atom. The summed E-state index contributed by atoms with van der Waals surface area (Å²) in [6, 6.07) is 7.84. The normalized spacial score (nSPS) is 23.6. The number of amides is 3. The Kier molecular flexibility index (Phi) is 11.9. The van der Waals surface area contributed by atoms with Crippen LogP contribution in [-0.2, 0) is 42.1 Å². The Labute approximate surface area is 339 Å². The molecule has 5 atom stereocenters. The highest BCUT2D eigenvalue weighted by atomic mass is 32.2. The molecule has 2 aromatic heterocycles. The van der Waals surface area contributed by atoms with Crippen LogP contribution in [0, 0.1) is 5.41 Å². The van der Waals surface area contributed by atoms with Crippen LogP contribution in [0.2, 0.25) is 0 Å². The monoisotopic (exact) mass is 797 g/mol. The number of aliphatic imine (C=N–C) groups is 1. The number of esters is 1. The van der Waals surface area contributed by atoms with Gasteiger partial charge in [0.05, 0.1) is 35.2 Å². The maximum atomic E-state index is 14.4. The first-order chi connectivity index (χ1) is 27.3. The summed E-state index contributed by atoms with van der Waals surface area (Å²) in [5.41, 5.74) is 9.65. The van der Waals surface area contributed by atoms with E-state index in [1.807, 2.05) is 19.1 Å². The van der Waals surface area contributed by atoms with E-state index in [-0.39, 0.29) is 37.0 Å². The zero-order valence-electron chi connectivity index (χ0n) is 34.1. The van der Waals surface area contributed by atoms with Crippen LogP contribution in [0.1, 0.15) is 95.2 Å². The number of hydrazine groups is 1. The lowest BCUT2D eigenvalue weighted by Crippen LogP contribution is -2.61. The number of aromatic nitrogens is 2. The van der Waals surface area contributed by atoms with Crippen LogP contribution in [0.15, 0.2) is 53.2 Å². The lowest BCUT2D eigenvalue weighted by Gasteiger charge is -2.36. The molecule has 3 aliphatic heterocycles. The summed E-state index contributed by atoms with van der Waals surface area (Å²) < 4.78 is 14.1. The fourth-order valence-electron chi connectivity index (χ4n) is 8.57. The number of nitrogens with zero attached hydrogens (tertiary/aromatic N) is 5. The van der Waals surface area contributed by atoms with Crippen molar-refractivity contribution in [2.24, 2.45) is 17.5 Å². The summed E-state index contributed by atoms with van der Waals surface area (Å²) in [6.45, 7) is 8.17. The second-order valence-electron chi connectivity index (χ2n) is 16.6. The first-order valence-electron chi connectivity index (χ1n) is 20.0. The number of carbonyl (C=O) groups is 4. The zero-order chi connectivity index (χ0) is 40.6. The fourth-order valence-corrected chi connectivity index (χ4v) is 9.67. The average Bonchev–Trinajstić information content (AvgIpc) is 3.96. The molecule has 5 heterocycles. The number of fused-ring (bicyclic) bond motifs is 5. The van der Waals surface area contributed by atoms with Crippen molar-refractivity contribution in [3.05, 3.63) is 65.0 Å². The number of methoxy groups -OCH3 is 1. The van der Waals surface area contributed by atoms with Gasteiger partial charge in [0, 0.05) is 74.9 Å². The van der Waals surface area contributed by atoms with Gasteiger partial charge in [-0.3, -0.25) is 34.2 Å². The molecule has 1 aliphatic carbocycles. The molecule has 3 amide bonds. The summed E-state index contributed by atoms with van der Waals surface area (Å²) in [6.07, 6.45) is 7.90. The Hall–Kier alpha value is -4.53. The Balaban J connectivity index is 1.30. The molecule has 4 aliphatic rings. The standard InChI is InChI=1S/C43H55N7O6S/c1-25(55-7)37-29(14-10-18-44-37)39-31-22-43(3,4)24-56-42(54)32-15-11-19-50(47-32)41(53)33(46-40(52)38(48(5)26(2)51)27-12-8-9-13-27)21-36-45-34(23-57-36)28-16-17-35(49(39)6)30(31)20-28/h10,12,14,16-18,20,25,32-34,38,47H,8-9,11,13,15,19,21-24H2,1-7H3,(H,46,52)/t25-,32-,33-,34?,38-/m0/s1. The quantitative estimate of drug-likeness (QED) is 0.231. The van der Waals surface area contributed by atoms with Crippen molar-refractivity contribution >= 4 is 51.4 Å². The predicted octanol–water partition coefficient (Wildman–Crippen LogP) is 5.59. The number of likely N-dealkylation sites (N-methyl/N-ethyl adjacent to an activating group) is 1. The number of nitrogens with one attached hydrogen (secondary N) is 2. The number of hydrogen-bond donors (Lipinski definition) is 2. The topological polar surface area (TPSA) is 147 Å². The van der Waals surface area contributed by atoms with Crippen molar-refractivity contribution in [3.8, 4) is 11.3 Å². The third kappa shape index (κ3) is 8.40. The summed E-state index contributed by atoms with van der Waals surface area (Å²) in [4.78, 5) is 66.3. The molecule has 1 unspecified atom stereocenters. The van der Waals surface area contributed by atoms with E-state index in [4.69, 9.17) is 19.5 Å². The number of ether oxygens (including phenoxy) is 2. The second-order valence-corrected chi connectivity index (χ2v) is 17.7. The molecule has 1 aromatic carbocycles. The predicted molar refractivity (Wildman–Crippen MR) is 221 cm³/mol. The third-order valence-electron chi connectivity index (χ3n) is 11.8. The lowest BCUT2D eigenvalue weighted by atomic mass is 9.84. The fraction of sp³-hybridized carbons (Fsp3) is 0.535. The highest BCUT2D eigenvalue weighted by Crippen LogP contribution is 2.42. The minimum absolute atomic E-state index is 0.161. The van der Waals surface area contributed by atoms with Gasteiger partial charge in [0.15, 0.2) is 0 Å². The molecule has 1 saturated heterocycles. The van der Waals surface area contributed by atoms with Crippen LogP contribution in [-0.4, -0.2) is 99.4 Å². The van der Waals surface area contributed by atoms with Gasteiger partial charge in [0.25, 0.3) is 5.91 Å².